The van der Waals surface area contributed by atoms with Crippen molar-refractivity contribution in [2.24, 2.45) is 0 Å². The average molecular weight is 537 g/mol. The zero-order chi connectivity index (χ0) is 27.6. The molecule has 196 valence electrons. The van der Waals surface area contributed by atoms with E-state index in [1.165, 1.54) is 32.4 Å². The first-order valence-corrected chi connectivity index (χ1v) is 14.2. The molecule has 0 saturated heterocycles. The molecule has 6 aromatic carbocycles. The van der Waals surface area contributed by atoms with Gasteiger partial charge in [0.1, 0.15) is 0 Å². The normalized spacial score (nSPS) is 11.8. The highest BCUT2D eigenvalue weighted by Crippen LogP contribution is 2.37. The number of benzene rings is 6. The Morgan fingerprint density at radius 3 is 2.12 bits per heavy atom. The van der Waals surface area contributed by atoms with Crippen LogP contribution in [0.15, 0.2) is 146 Å². The Balaban J connectivity index is 1.34. The fourth-order valence-corrected chi connectivity index (χ4v) is 6.35. The molecule has 0 amide bonds. The molecule has 0 radical (unpaired) electrons. The maximum atomic E-state index is 5.30. The van der Waals surface area contributed by atoms with E-state index in [-0.39, 0.29) is 0 Å². The summed E-state index contributed by atoms with van der Waals surface area (Å²) in [7, 11) is 0. The van der Waals surface area contributed by atoms with Crippen LogP contribution in [0.3, 0.4) is 0 Å². The van der Waals surface area contributed by atoms with Crippen LogP contribution in [0.2, 0.25) is 0 Å². The molecule has 0 atom stereocenters. The summed E-state index contributed by atoms with van der Waals surface area (Å²) >= 11 is 0. The quantitative estimate of drug-likeness (QED) is 0.225. The van der Waals surface area contributed by atoms with E-state index >= 15 is 0 Å². The molecule has 0 N–H and O–H groups in total. The summed E-state index contributed by atoms with van der Waals surface area (Å²) in [4.78, 5) is 10.4. The summed E-state index contributed by atoms with van der Waals surface area (Å²) in [5.74, 6) is 0.671. The van der Waals surface area contributed by atoms with Crippen LogP contribution in [-0.2, 0) is 0 Å². The van der Waals surface area contributed by atoms with Crippen molar-refractivity contribution in [3.05, 3.63) is 146 Å². The molecule has 42 heavy (non-hydrogen) atoms. The summed E-state index contributed by atoms with van der Waals surface area (Å²) in [6.45, 7) is 0. The maximum Gasteiger partial charge on any atom is 0.235 e. The van der Waals surface area contributed by atoms with Gasteiger partial charge in [-0.05, 0) is 59.3 Å². The zero-order valence-electron chi connectivity index (χ0n) is 22.6. The Morgan fingerprint density at radius 1 is 0.452 bits per heavy atom. The van der Waals surface area contributed by atoms with Crippen molar-refractivity contribution in [3.8, 4) is 22.9 Å². The van der Waals surface area contributed by atoms with E-state index in [0.29, 0.717) is 5.95 Å². The minimum Gasteiger partial charge on any atom is -0.317 e. The first-order chi connectivity index (χ1) is 20.8. The molecule has 3 heterocycles. The molecule has 4 heteroatoms. The van der Waals surface area contributed by atoms with E-state index < -0.39 is 0 Å². The SMILES string of the molecule is c1ccc(-n2ccc3cc4c(cc32)c2ccccc2n4-c2nc(-c3ccc4ccccc4c3)c3ccccc3n2)cc1. The lowest BCUT2D eigenvalue weighted by molar-refractivity contribution is 1.01. The van der Waals surface area contributed by atoms with Crippen LogP contribution in [0.25, 0.3) is 77.3 Å². The maximum absolute atomic E-state index is 5.30. The number of nitrogens with zero attached hydrogens (tertiary/aromatic N) is 4. The highest BCUT2D eigenvalue weighted by Gasteiger charge is 2.18. The van der Waals surface area contributed by atoms with Gasteiger partial charge in [-0.15, -0.1) is 0 Å². The summed E-state index contributed by atoms with van der Waals surface area (Å²) < 4.78 is 4.48. The Kier molecular flexibility index (Phi) is 4.87. The van der Waals surface area contributed by atoms with Crippen LogP contribution in [-0.4, -0.2) is 19.1 Å². The minimum absolute atomic E-state index is 0.671. The van der Waals surface area contributed by atoms with Gasteiger partial charge in [0.05, 0.1) is 27.8 Å². The van der Waals surface area contributed by atoms with Gasteiger partial charge in [-0.3, -0.25) is 4.57 Å². The summed E-state index contributed by atoms with van der Waals surface area (Å²) in [5, 5.41) is 6.98. The second kappa shape index (κ2) is 8.88. The second-order valence-electron chi connectivity index (χ2n) is 10.8. The van der Waals surface area contributed by atoms with E-state index in [1.54, 1.807) is 0 Å². The highest BCUT2D eigenvalue weighted by atomic mass is 15.2. The number of rotatable bonds is 3. The van der Waals surface area contributed by atoms with Gasteiger partial charge in [0.15, 0.2) is 0 Å². The van der Waals surface area contributed by atoms with Gasteiger partial charge in [-0.25, -0.2) is 9.97 Å². The van der Waals surface area contributed by atoms with Crippen molar-refractivity contribution >= 4 is 54.4 Å². The molecule has 0 saturated carbocycles. The third-order valence-electron chi connectivity index (χ3n) is 8.33. The molecule has 0 aliphatic heterocycles. The lowest BCUT2D eigenvalue weighted by atomic mass is 10.0. The molecule has 0 spiro atoms. The van der Waals surface area contributed by atoms with Gasteiger partial charge in [-0.1, -0.05) is 91.0 Å². The number of para-hydroxylation sites is 3. The van der Waals surface area contributed by atoms with E-state index in [2.05, 4.69) is 149 Å². The van der Waals surface area contributed by atoms with Crippen LogP contribution in [0, 0.1) is 0 Å². The predicted molar refractivity (Wildman–Crippen MR) is 174 cm³/mol. The van der Waals surface area contributed by atoms with E-state index in [0.717, 1.165) is 38.9 Å². The monoisotopic (exact) mass is 536 g/mol. The lowest BCUT2D eigenvalue weighted by Gasteiger charge is -2.12. The Bertz CT molecular complexity index is 2470. The molecule has 9 rings (SSSR count). The van der Waals surface area contributed by atoms with Crippen LogP contribution in [0.1, 0.15) is 0 Å². The minimum atomic E-state index is 0.671. The van der Waals surface area contributed by atoms with Crippen molar-refractivity contribution in [2.45, 2.75) is 0 Å². The topological polar surface area (TPSA) is 35.6 Å². The number of hydrogen-bond acceptors (Lipinski definition) is 2. The van der Waals surface area contributed by atoms with Gasteiger partial charge in [-0.2, -0.15) is 0 Å². The van der Waals surface area contributed by atoms with Gasteiger partial charge >= 0.3 is 0 Å². The predicted octanol–water partition coefficient (Wildman–Crippen LogP) is 9.49. The van der Waals surface area contributed by atoms with Crippen molar-refractivity contribution in [1.82, 2.24) is 19.1 Å². The van der Waals surface area contributed by atoms with Crippen molar-refractivity contribution in [3.63, 3.8) is 0 Å². The molecule has 0 bridgehead atoms. The second-order valence-corrected chi connectivity index (χ2v) is 10.8. The van der Waals surface area contributed by atoms with Crippen LogP contribution >= 0.6 is 0 Å². The summed E-state index contributed by atoms with van der Waals surface area (Å²) in [5.41, 5.74) is 7.44. The molecule has 9 aromatic rings. The summed E-state index contributed by atoms with van der Waals surface area (Å²) in [6, 6.07) is 49.2. The summed E-state index contributed by atoms with van der Waals surface area (Å²) in [6.07, 6.45) is 2.15. The largest absolute Gasteiger partial charge is 0.317 e. The molecular weight excluding hydrogens is 512 g/mol. The molecule has 0 unspecified atom stereocenters. The Morgan fingerprint density at radius 2 is 1.21 bits per heavy atom. The smallest absolute Gasteiger partial charge is 0.235 e. The van der Waals surface area contributed by atoms with Gasteiger partial charge in [0, 0.05) is 39.0 Å². The fraction of sp³-hybridized carbons (Fsp3) is 0. The zero-order valence-corrected chi connectivity index (χ0v) is 22.6. The number of fused-ring (bicyclic) bond motifs is 6. The lowest BCUT2D eigenvalue weighted by Crippen LogP contribution is -2.03. The Labute approximate surface area is 241 Å². The van der Waals surface area contributed by atoms with Gasteiger partial charge < -0.3 is 4.57 Å². The molecule has 3 aromatic heterocycles. The van der Waals surface area contributed by atoms with Crippen molar-refractivity contribution in [1.29, 1.82) is 0 Å². The van der Waals surface area contributed by atoms with E-state index in [9.17, 15) is 0 Å². The van der Waals surface area contributed by atoms with E-state index in [1.807, 2.05) is 6.07 Å². The first-order valence-electron chi connectivity index (χ1n) is 14.2. The van der Waals surface area contributed by atoms with Crippen LogP contribution < -0.4 is 0 Å². The van der Waals surface area contributed by atoms with Crippen LogP contribution in [0.5, 0.6) is 0 Å². The van der Waals surface area contributed by atoms with Gasteiger partial charge in [0.2, 0.25) is 5.95 Å². The molecule has 0 aliphatic rings. The molecule has 4 nitrogen and oxygen atoms in total. The first kappa shape index (κ1) is 23.0. The van der Waals surface area contributed by atoms with Crippen molar-refractivity contribution < 1.29 is 0 Å². The fourth-order valence-electron chi connectivity index (χ4n) is 6.35. The molecule has 0 fully saturated rings. The number of hydrogen-bond donors (Lipinski definition) is 0. The molecular formula is C38H24N4. The van der Waals surface area contributed by atoms with Crippen LogP contribution in [0.4, 0.5) is 0 Å². The number of aromatic nitrogens is 4. The third-order valence-corrected chi connectivity index (χ3v) is 8.33. The third kappa shape index (κ3) is 3.42. The standard InChI is InChI=1S/C38H24N4/c1-2-12-29(13-3-1)41-21-20-27-23-36-32(24-35(27)41)30-14-7-9-17-34(30)42(36)38-39-33-16-8-6-15-31(33)37(40-38)28-19-18-25-10-4-5-11-26(25)22-28/h1-24H. The average Bonchev–Trinajstić information content (AvgIpc) is 3.62. The molecule has 0 aliphatic carbocycles. The van der Waals surface area contributed by atoms with Gasteiger partial charge in [0.25, 0.3) is 0 Å². The highest BCUT2D eigenvalue weighted by molar-refractivity contribution is 6.13. The Hall–Kier alpha value is -5.74. The van der Waals surface area contributed by atoms with Crippen molar-refractivity contribution in [2.75, 3.05) is 0 Å². The van der Waals surface area contributed by atoms with E-state index in [4.69, 9.17) is 9.97 Å².